The van der Waals surface area contributed by atoms with Crippen LogP contribution in [-0.2, 0) is 12.8 Å². The van der Waals surface area contributed by atoms with Crippen LogP contribution in [-0.4, -0.2) is 11.9 Å². The molecule has 0 unspecified atom stereocenters. The van der Waals surface area contributed by atoms with Gasteiger partial charge in [0.2, 0.25) is 0 Å². The van der Waals surface area contributed by atoms with Gasteiger partial charge in [0.25, 0.3) is 0 Å². The van der Waals surface area contributed by atoms with Gasteiger partial charge in [-0.2, -0.15) is 0 Å². The van der Waals surface area contributed by atoms with Crippen LogP contribution in [0.15, 0.2) is 48.5 Å². The third kappa shape index (κ3) is 2.74. The number of fused-ring (bicyclic) bond motifs is 1. The van der Waals surface area contributed by atoms with E-state index < -0.39 is 0 Å². The van der Waals surface area contributed by atoms with Gasteiger partial charge in [-0.05, 0) is 42.7 Å². The van der Waals surface area contributed by atoms with E-state index >= 15 is 0 Å². The molecule has 0 N–H and O–H groups in total. The third-order valence-corrected chi connectivity index (χ3v) is 3.70. The zero-order valence-corrected chi connectivity index (χ0v) is 11.6. The highest BCUT2D eigenvalue weighted by Gasteiger charge is 2.20. The Morgan fingerprint density at radius 2 is 2.00 bits per heavy atom. The summed E-state index contributed by atoms with van der Waals surface area (Å²) in [5.74, 6) is 1.13. The molecule has 0 fully saturated rings. The summed E-state index contributed by atoms with van der Waals surface area (Å²) in [5, 5.41) is 0. The van der Waals surface area contributed by atoms with Crippen molar-refractivity contribution in [2.24, 2.45) is 0 Å². The molecular formula is C18H18O2. The molecule has 20 heavy (non-hydrogen) atoms. The first-order chi connectivity index (χ1) is 9.72. The van der Waals surface area contributed by atoms with E-state index in [0.29, 0.717) is 6.42 Å². The molecule has 0 saturated carbocycles. The summed E-state index contributed by atoms with van der Waals surface area (Å²) in [4.78, 5) is 12.3. The topological polar surface area (TPSA) is 26.3 Å². The second kappa shape index (κ2) is 5.49. The molecule has 0 aliphatic carbocycles. The Labute approximate surface area is 119 Å². The number of ether oxygens (including phenoxy) is 1. The van der Waals surface area contributed by atoms with E-state index in [-0.39, 0.29) is 11.9 Å². The van der Waals surface area contributed by atoms with Gasteiger partial charge in [0, 0.05) is 18.4 Å². The summed E-state index contributed by atoms with van der Waals surface area (Å²) < 4.78 is 5.66. The number of aryl methyl sites for hydroxylation is 1. The zero-order chi connectivity index (χ0) is 13.9. The second-order valence-electron chi connectivity index (χ2n) is 5.36. The van der Waals surface area contributed by atoms with Crippen LogP contribution in [0.2, 0.25) is 0 Å². The fraction of sp³-hybridized carbons (Fsp3) is 0.278. The van der Waals surface area contributed by atoms with E-state index in [9.17, 15) is 4.79 Å². The minimum Gasteiger partial charge on any atom is -0.490 e. The molecule has 2 nitrogen and oxygen atoms in total. The van der Waals surface area contributed by atoms with E-state index in [2.05, 4.69) is 19.1 Å². The molecule has 0 amide bonds. The lowest BCUT2D eigenvalue weighted by atomic mass is 10.00. The van der Waals surface area contributed by atoms with Crippen LogP contribution in [0.3, 0.4) is 0 Å². The fourth-order valence-corrected chi connectivity index (χ4v) is 2.64. The molecular weight excluding hydrogens is 248 g/mol. The summed E-state index contributed by atoms with van der Waals surface area (Å²) >= 11 is 0. The number of carbonyl (C=O) groups excluding carboxylic acids is 1. The van der Waals surface area contributed by atoms with Crippen molar-refractivity contribution < 1.29 is 9.53 Å². The maximum Gasteiger partial charge on any atom is 0.163 e. The van der Waals surface area contributed by atoms with E-state index in [1.54, 1.807) is 0 Å². The Hall–Kier alpha value is -2.09. The monoisotopic (exact) mass is 266 g/mol. The predicted octanol–water partition coefficient (Wildman–Crippen LogP) is 3.83. The van der Waals surface area contributed by atoms with Gasteiger partial charge in [-0.3, -0.25) is 4.79 Å². The molecule has 1 aliphatic rings. The molecule has 2 aromatic rings. The lowest BCUT2D eigenvalue weighted by Gasteiger charge is -2.04. The van der Waals surface area contributed by atoms with Gasteiger partial charge in [-0.25, -0.2) is 0 Å². The molecule has 1 aliphatic heterocycles. The first-order valence-electron chi connectivity index (χ1n) is 7.09. The van der Waals surface area contributed by atoms with E-state index in [4.69, 9.17) is 4.74 Å². The quantitative estimate of drug-likeness (QED) is 0.786. The van der Waals surface area contributed by atoms with Crippen LogP contribution in [0, 0.1) is 0 Å². The Balaban J connectivity index is 1.68. The number of benzene rings is 2. The Kier molecular flexibility index (Phi) is 3.55. The smallest absolute Gasteiger partial charge is 0.163 e. The van der Waals surface area contributed by atoms with Gasteiger partial charge in [-0.1, -0.05) is 30.3 Å². The van der Waals surface area contributed by atoms with Crippen LogP contribution in [0.1, 0.15) is 34.8 Å². The highest BCUT2D eigenvalue weighted by atomic mass is 16.5. The van der Waals surface area contributed by atoms with Crippen LogP contribution in [0.25, 0.3) is 0 Å². The van der Waals surface area contributed by atoms with Crippen molar-refractivity contribution in [3.63, 3.8) is 0 Å². The van der Waals surface area contributed by atoms with Crippen molar-refractivity contribution in [1.82, 2.24) is 0 Å². The van der Waals surface area contributed by atoms with Crippen molar-refractivity contribution in [2.45, 2.75) is 32.3 Å². The Morgan fingerprint density at radius 1 is 1.20 bits per heavy atom. The molecule has 1 atom stereocenters. The second-order valence-corrected chi connectivity index (χ2v) is 5.36. The predicted molar refractivity (Wildman–Crippen MR) is 79.3 cm³/mol. The fourth-order valence-electron chi connectivity index (χ4n) is 2.64. The normalized spacial score (nSPS) is 16.6. The van der Waals surface area contributed by atoms with Crippen molar-refractivity contribution in [3.8, 4) is 5.75 Å². The third-order valence-electron chi connectivity index (χ3n) is 3.70. The molecule has 0 radical (unpaired) electrons. The summed E-state index contributed by atoms with van der Waals surface area (Å²) in [6.07, 6.45) is 2.47. The number of hydrogen-bond donors (Lipinski definition) is 0. The van der Waals surface area contributed by atoms with Crippen molar-refractivity contribution in [2.75, 3.05) is 0 Å². The van der Waals surface area contributed by atoms with Crippen LogP contribution < -0.4 is 4.74 Å². The molecule has 1 heterocycles. The lowest BCUT2D eigenvalue weighted by molar-refractivity contribution is 0.0983. The van der Waals surface area contributed by atoms with Gasteiger partial charge in [0.05, 0.1) is 0 Å². The molecule has 0 spiro atoms. The molecule has 2 heteroatoms. The number of carbonyl (C=O) groups is 1. The first-order valence-corrected chi connectivity index (χ1v) is 7.09. The summed E-state index contributed by atoms with van der Waals surface area (Å²) in [6.45, 7) is 2.05. The SMILES string of the molecule is C[C@@H]1Cc2cc(C(=O)CCc3ccccc3)ccc2O1. The largest absolute Gasteiger partial charge is 0.490 e. The van der Waals surface area contributed by atoms with Crippen molar-refractivity contribution in [3.05, 3.63) is 65.2 Å². The Morgan fingerprint density at radius 3 is 2.80 bits per heavy atom. The highest BCUT2D eigenvalue weighted by Crippen LogP contribution is 2.29. The maximum atomic E-state index is 12.3. The zero-order valence-electron chi connectivity index (χ0n) is 11.6. The summed E-state index contributed by atoms with van der Waals surface area (Å²) in [7, 11) is 0. The molecule has 2 aromatic carbocycles. The van der Waals surface area contributed by atoms with E-state index in [1.807, 2.05) is 36.4 Å². The van der Waals surface area contributed by atoms with Gasteiger partial charge in [0.15, 0.2) is 5.78 Å². The maximum absolute atomic E-state index is 12.3. The lowest BCUT2D eigenvalue weighted by Crippen LogP contribution is -2.05. The van der Waals surface area contributed by atoms with Crippen LogP contribution in [0.4, 0.5) is 0 Å². The van der Waals surface area contributed by atoms with E-state index in [1.165, 1.54) is 5.56 Å². The van der Waals surface area contributed by atoms with Crippen LogP contribution in [0.5, 0.6) is 5.75 Å². The molecule has 102 valence electrons. The molecule has 0 bridgehead atoms. The highest BCUT2D eigenvalue weighted by molar-refractivity contribution is 5.96. The first kappa shape index (κ1) is 12.9. The van der Waals surface area contributed by atoms with E-state index in [0.717, 1.165) is 29.7 Å². The minimum absolute atomic E-state index is 0.205. The minimum atomic E-state index is 0.205. The number of Topliss-reactive ketones (excluding diaryl/α,β-unsaturated/α-hetero) is 1. The standard InChI is InChI=1S/C18H18O2/c1-13-11-16-12-15(8-10-18(16)20-13)17(19)9-7-14-5-3-2-4-6-14/h2-6,8,10,12-13H,7,9,11H2,1H3/t13-/m1/s1. The summed E-state index contributed by atoms with van der Waals surface area (Å²) in [5.41, 5.74) is 3.17. The van der Waals surface area contributed by atoms with Gasteiger partial charge >= 0.3 is 0 Å². The van der Waals surface area contributed by atoms with Crippen molar-refractivity contribution in [1.29, 1.82) is 0 Å². The summed E-state index contributed by atoms with van der Waals surface area (Å²) in [6, 6.07) is 15.9. The van der Waals surface area contributed by atoms with Gasteiger partial charge < -0.3 is 4.74 Å². The average molecular weight is 266 g/mol. The van der Waals surface area contributed by atoms with Crippen LogP contribution >= 0.6 is 0 Å². The molecule has 0 aromatic heterocycles. The average Bonchev–Trinajstić information content (AvgIpc) is 2.85. The number of rotatable bonds is 4. The van der Waals surface area contributed by atoms with Crippen molar-refractivity contribution >= 4 is 5.78 Å². The van der Waals surface area contributed by atoms with Gasteiger partial charge in [0.1, 0.15) is 11.9 Å². The van der Waals surface area contributed by atoms with Gasteiger partial charge in [-0.15, -0.1) is 0 Å². The number of ketones is 1. The molecule has 0 saturated heterocycles. The molecule has 3 rings (SSSR count). The number of hydrogen-bond acceptors (Lipinski definition) is 2. The Bertz CT molecular complexity index is 617.